The number of fused-ring (bicyclic) bond motifs is 1. The van der Waals surface area contributed by atoms with Crippen LogP contribution >= 0.6 is 0 Å². The van der Waals surface area contributed by atoms with Crippen molar-refractivity contribution < 1.29 is 14.4 Å². The van der Waals surface area contributed by atoms with Crippen LogP contribution in [-0.4, -0.2) is 35.7 Å². The van der Waals surface area contributed by atoms with Crippen LogP contribution < -0.4 is 10.2 Å². The Bertz CT molecular complexity index is 1170. The fraction of sp³-hybridized carbons (Fsp3) is 0.208. The molecule has 2 amide bonds. The van der Waals surface area contributed by atoms with Gasteiger partial charge in [-0.05, 0) is 43.2 Å². The number of nitrogens with one attached hydrogen (secondary N) is 2. The minimum absolute atomic E-state index is 0.0687. The molecule has 0 atom stereocenters. The van der Waals surface area contributed by atoms with Gasteiger partial charge in [0, 0.05) is 41.3 Å². The first kappa shape index (κ1) is 19.5. The van der Waals surface area contributed by atoms with Crippen molar-refractivity contribution in [3.63, 3.8) is 0 Å². The summed E-state index contributed by atoms with van der Waals surface area (Å²) < 4.78 is 0. The molecule has 6 heteroatoms. The predicted octanol–water partition coefficient (Wildman–Crippen LogP) is 3.04. The Morgan fingerprint density at radius 3 is 2.67 bits per heavy atom. The molecule has 6 nitrogen and oxygen atoms in total. The first-order valence-electron chi connectivity index (χ1n) is 9.91. The van der Waals surface area contributed by atoms with Crippen molar-refractivity contribution >= 4 is 34.2 Å². The summed E-state index contributed by atoms with van der Waals surface area (Å²) >= 11 is 0. The van der Waals surface area contributed by atoms with Crippen molar-refractivity contribution in [3.05, 3.63) is 65.9 Å². The van der Waals surface area contributed by atoms with Crippen molar-refractivity contribution in [2.75, 3.05) is 18.0 Å². The van der Waals surface area contributed by atoms with Gasteiger partial charge in [0.15, 0.2) is 0 Å². The van der Waals surface area contributed by atoms with E-state index in [1.807, 2.05) is 42.5 Å². The number of aromatic nitrogens is 1. The molecule has 0 aliphatic carbocycles. The van der Waals surface area contributed by atoms with Gasteiger partial charge >= 0.3 is 0 Å². The van der Waals surface area contributed by atoms with Gasteiger partial charge in [0.1, 0.15) is 0 Å². The highest BCUT2D eigenvalue weighted by Gasteiger charge is 2.20. The number of ketones is 1. The number of piperidine rings is 1. The second-order valence-electron chi connectivity index (χ2n) is 7.11. The van der Waals surface area contributed by atoms with E-state index in [2.05, 4.69) is 22.1 Å². The molecule has 2 aromatic carbocycles. The summed E-state index contributed by atoms with van der Waals surface area (Å²) in [6.07, 6.45) is 4.11. The van der Waals surface area contributed by atoms with Crippen LogP contribution in [0.25, 0.3) is 10.9 Å². The Kier molecular flexibility index (Phi) is 5.62. The quantitative estimate of drug-likeness (QED) is 0.402. The molecule has 1 fully saturated rings. The third kappa shape index (κ3) is 4.11. The van der Waals surface area contributed by atoms with Crippen molar-refractivity contribution in [1.82, 2.24) is 10.3 Å². The highest BCUT2D eigenvalue weighted by molar-refractivity contribution is 6.45. The van der Waals surface area contributed by atoms with Gasteiger partial charge in [-0.25, -0.2) is 0 Å². The Balaban J connectivity index is 1.34. The monoisotopic (exact) mass is 399 g/mol. The zero-order valence-electron chi connectivity index (χ0n) is 16.4. The Morgan fingerprint density at radius 1 is 1.07 bits per heavy atom. The number of rotatable bonds is 4. The number of Topliss-reactive ketones (excluding diaryl/α,β-unsaturated/α-hetero) is 1. The van der Waals surface area contributed by atoms with Crippen LogP contribution in [0.3, 0.4) is 0 Å². The molecule has 2 N–H and O–H groups in total. The van der Waals surface area contributed by atoms with Gasteiger partial charge in [-0.3, -0.25) is 14.4 Å². The SMILES string of the molecule is O=C(NCC#Cc1ccc(N2CCCCC2=O)cc1)C(=O)c1c[nH]c2ccccc12. The number of carbonyl (C=O) groups is 3. The normalized spacial score (nSPS) is 13.6. The molecule has 1 aliphatic heterocycles. The lowest BCUT2D eigenvalue weighted by Crippen LogP contribution is -2.35. The number of nitrogens with zero attached hydrogens (tertiary/aromatic N) is 1. The predicted molar refractivity (Wildman–Crippen MR) is 115 cm³/mol. The number of H-pyrrole nitrogens is 1. The largest absolute Gasteiger partial charge is 0.360 e. The Hall–Kier alpha value is -3.85. The van der Waals surface area contributed by atoms with E-state index < -0.39 is 11.7 Å². The molecule has 30 heavy (non-hydrogen) atoms. The molecule has 0 unspecified atom stereocenters. The number of hydrogen-bond acceptors (Lipinski definition) is 3. The lowest BCUT2D eigenvalue weighted by atomic mass is 10.1. The van der Waals surface area contributed by atoms with Gasteiger partial charge in [-0.2, -0.15) is 0 Å². The van der Waals surface area contributed by atoms with Crippen molar-refractivity contribution in [2.45, 2.75) is 19.3 Å². The van der Waals surface area contributed by atoms with Gasteiger partial charge in [0.25, 0.3) is 11.7 Å². The molecular formula is C24H21N3O3. The molecule has 1 saturated heterocycles. The summed E-state index contributed by atoms with van der Waals surface area (Å²) in [4.78, 5) is 41.3. The molecule has 4 rings (SSSR count). The van der Waals surface area contributed by atoms with E-state index in [9.17, 15) is 14.4 Å². The van der Waals surface area contributed by atoms with Crippen LogP contribution in [-0.2, 0) is 9.59 Å². The van der Waals surface area contributed by atoms with Crippen molar-refractivity contribution in [3.8, 4) is 11.8 Å². The Morgan fingerprint density at radius 2 is 1.87 bits per heavy atom. The number of amides is 2. The maximum atomic E-state index is 12.4. The Labute approximate surface area is 174 Å². The zero-order chi connectivity index (χ0) is 20.9. The van der Waals surface area contributed by atoms with Gasteiger partial charge in [0.2, 0.25) is 5.91 Å². The van der Waals surface area contributed by atoms with Gasteiger partial charge in [0.05, 0.1) is 12.1 Å². The first-order chi connectivity index (χ1) is 14.6. The van der Waals surface area contributed by atoms with Gasteiger partial charge < -0.3 is 15.2 Å². The van der Waals surface area contributed by atoms with E-state index in [1.54, 1.807) is 17.2 Å². The lowest BCUT2D eigenvalue weighted by Gasteiger charge is -2.26. The number of hydrogen-bond donors (Lipinski definition) is 2. The van der Waals surface area contributed by atoms with Gasteiger partial charge in [-0.1, -0.05) is 30.0 Å². The number of benzene rings is 2. The highest BCUT2D eigenvalue weighted by Crippen LogP contribution is 2.21. The molecule has 1 aromatic heterocycles. The summed E-state index contributed by atoms with van der Waals surface area (Å²) in [5.74, 6) is 4.69. The smallest absolute Gasteiger partial charge is 0.293 e. The lowest BCUT2D eigenvalue weighted by molar-refractivity contribution is -0.119. The fourth-order valence-electron chi connectivity index (χ4n) is 3.54. The topological polar surface area (TPSA) is 82.3 Å². The molecule has 3 aromatic rings. The molecule has 0 bridgehead atoms. The zero-order valence-corrected chi connectivity index (χ0v) is 16.4. The summed E-state index contributed by atoms with van der Waals surface area (Å²) in [7, 11) is 0. The minimum atomic E-state index is -0.687. The molecule has 2 heterocycles. The maximum absolute atomic E-state index is 12.4. The van der Waals surface area contributed by atoms with E-state index in [0.29, 0.717) is 12.0 Å². The number of para-hydroxylation sites is 1. The van der Waals surface area contributed by atoms with Crippen LogP contribution in [0.15, 0.2) is 54.7 Å². The van der Waals surface area contributed by atoms with Crippen LogP contribution in [0.2, 0.25) is 0 Å². The average Bonchev–Trinajstić information content (AvgIpc) is 3.21. The van der Waals surface area contributed by atoms with Crippen LogP contribution in [0, 0.1) is 11.8 Å². The molecule has 0 spiro atoms. The second kappa shape index (κ2) is 8.66. The molecule has 1 aliphatic rings. The second-order valence-corrected chi connectivity index (χ2v) is 7.11. The number of carbonyl (C=O) groups excluding carboxylic acids is 3. The number of anilines is 1. The third-order valence-electron chi connectivity index (χ3n) is 5.11. The van der Waals surface area contributed by atoms with Crippen LogP contribution in [0.5, 0.6) is 0 Å². The fourth-order valence-corrected chi connectivity index (χ4v) is 3.54. The highest BCUT2D eigenvalue weighted by atomic mass is 16.2. The average molecular weight is 399 g/mol. The summed E-state index contributed by atoms with van der Waals surface area (Å²) in [5.41, 5.74) is 2.81. The van der Waals surface area contributed by atoms with Crippen molar-refractivity contribution in [2.24, 2.45) is 0 Å². The van der Waals surface area contributed by atoms with Crippen LogP contribution in [0.4, 0.5) is 5.69 Å². The first-order valence-corrected chi connectivity index (χ1v) is 9.91. The summed E-state index contributed by atoms with van der Waals surface area (Å²) in [6, 6.07) is 14.8. The minimum Gasteiger partial charge on any atom is -0.360 e. The summed E-state index contributed by atoms with van der Waals surface area (Å²) in [5, 5.41) is 3.26. The van der Waals surface area contributed by atoms with E-state index in [1.165, 1.54) is 0 Å². The summed E-state index contributed by atoms with van der Waals surface area (Å²) in [6.45, 7) is 0.819. The van der Waals surface area contributed by atoms with E-state index >= 15 is 0 Å². The van der Waals surface area contributed by atoms with Crippen LogP contribution in [0.1, 0.15) is 35.2 Å². The third-order valence-corrected chi connectivity index (χ3v) is 5.11. The standard InChI is InChI=1S/C24H21N3O3/c28-22-9-3-4-15-27(22)18-12-10-17(11-13-18)6-5-14-25-24(30)23(29)20-16-26-21-8-2-1-7-19(20)21/h1-2,7-8,10-13,16,26H,3-4,9,14-15H2,(H,25,30). The maximum Gasteiger partial charge on any atom is 0.293 e. The van der Waals surface area contributed by atoms with Gasteiger partial charge in [-0.15, -0.1) is 0 Å². The van der Waals surface area contributed by atoms with E-state index in [-0.39, 0.29) is 12.5 Å². The molecule has 0 radical (unpaired) electrons. The van der Waals surface area contributed by atoms with Crippen molar-refractivity contribution in [1.29, 1.82) is 0 Å². The molecule has 150 valence electrons. The van der Waals surface area contributed by atoms with E-state index in [0.717, 1.165) is 41.5 Å². The number of aromatic amines is 1. The molecular weight excluding hydrogens is 378 g/mol. The molecule has 0 saturated carbocycles. The van der Waals surface area contributed by atoms with E-state index in [4.69, 9.17) is 0 Å².